The maximum Gasteiger partial charge on any atom is 0.407 e. The van der Waals surface area contributed by atoms with Crippen LogP contribution in [0.5, 0.6) is 0 Å². The maximum atomic E-state index is 13.6. The number of benzene rings is 3. The van der Waals surface area contributed by atoms with Gasteiger partial charge in [0.05, 0.1) is 49.2 Å². The van der Waals surface area contributed by atoms with E-state index in [1.807, 2.05) is 42.8 Å². The number of nitrogens with one attached hydrogen (secondary N) is 4. The van der Waals surface area contributed by atoms with Crippen LogP contribution >= 0.6 is 0 Å². The number of H-pyrrole nitrogens is 2. The number of alkyl carbamates (subject to hydrolysis) is 2. The van der Waals surface area contributed by atoms with Crippen LogP contribution in [-0.4, -0.2) is 93.6 Å². The Morgan fingerprint density at radius 3 is 1.98 bits per heavy atom. The number of methoxy groups -OCH3 is 2. The van der Waals surface area contributed by atoms with Crippen LogP contribution in [0.4, 0.5) is 9.59 Å². The van der Waals surface area contributed by atoms with Crippen molar-refractivity contribution in [1.82, 2.24) is 40.4 Å². The number of ether oxygens (including phenoxy) is 2. The van der Waals surface area contributed by atoms with Gasteiger partial charge in [0.2, 0.25) is 11.8 Å². The first-order valence-corrected chi connectivity index (χ1v) is 20.0. The van der Waals surface area contributed by atoms with Crippen molar-refractivity contribution in [3.8, 4) is 33.5 Å². The molecule has 0 saturated carbocycles. The van der Waals surface area contributed by atoms with Crippen LogP contribution in [0.3, 0.4) is 0 Å². The predicted molar refractivity (Wildman–Crippen MR) is 220 cm³/mol. The molecule has 2 aromatic heterocycles. The zero-order chi connectivity index (χ0) is 40.9. The lowest BCUT2D eigenvalue weighted by Crippen LogP contribution is -2.51. The Bertz CT molecular complexity index is 2250. The third-order valence-electron chi connectivity index (χ3n) is 11.3. The number of aromatic nitrogens is 4. The van der Waals surface area contributed by atoms with E-state index in [9.17, 15) is 19.2 Å². The minimum atomic E-state index is -0.686. The van der Waals surface area contributed by atoms with Crippen LogP contribution in [0.2, 0.25) is 0 Å². The van der Waals surface area contributed by atoms with Gasteiger partial charge in [0.25, 0.3) is 0 Å². The fourth-order valence-corrected chi connectivity index (χ4v) is 8.08. The molecule has 2 fully saturated rings. The van der Waals surface area contributed by atoms with Gasteiger partial charge in [-0.2, -0.15) is 0 Å². The Labute approximate surface area is 338 Å². The Balaban J connectivity index is 0.991. The third kappa shape index (κ3) is 8.70. The summed E-state index contributed by atoms with van der Waals surface area (Å²) >= 11 is 0. The van der Waals surface area contributed by atoms with Crippen molar-refractivity contribution in [3.05, 3.63) is 84.6 Å². The summed E-state index contributed by atoms with van der Waals surface area (Å²) in [5, 5.41) is 5.38. The molecule has 2 aliphatic heterocycles. The molecule has 4 atom stereocenters. The summed E-state index contributed by atoms with van der Waals surface area (Å²) in [6, 6.07) is 22.0. The van der Waals surface area contributed by atoms with Gasteiger partial charge in [-0.25, -0.2) is 19.6 Å². The number of carbonyl (C=O) groups excluding carboxylic acids is 4. The fraction of sp³-hybridized carbons (Fsp3) is 0.409. The van der Waals surface area contributed by atoms with Crippen molar-refractivity contribution >= 4 is 35.0 Å². The molecule has 14 nitrogen and oxygen atoms in total. The Morgan fingerprint density at radius 2 is 1.34 bits per heavy atom. The standard InChI is InChI=1S/C44H52N8O6/c1-26(2)39(50-44(56)58-5)42(54)52-21-7-9-37(52)41-47-33-19-18-32(23-34(33)48-41)30-12-10-28(11-13-30)29-14-16-31(17-15-29)35-25-45-40(49-35)36-8-6-20-51(36)38(53)22-27(3)24-46-43(55)57-4/h10-19,23,25-27,36-37,39H,6-9,20-22,24H2,1-5H3,(H,45,49)(H,46,55)(H,47,48)(H,50,56). The SMILES string of the molecule is COC(=O)NCC(C)CC(=O)N1CCCC1c1ncc(-c2ccc(-c3ccc(-c4ccc5nc(C6CCCN6C(=O)C(NC(=O)OC)C(C)C)[nH]c5c4)cc3)cc2)[nH]1. The minimum absolute atomic E-state index is 0.0202. The predicted octanol–water partition coefficient (Wildman–Crippen LogP) is 7.38. The van der Waals surface area contributed by atoms with E-state index in [0.717, 1.165) is 81.9 Å². The van der Waals surface area contributed by atoms with E-state index in [2.05, 4.69) is 91.0 Å². The number of nitrogens with zero attached hydrogens (tertiary/aromatic N) is 4. The van der Waals surface area contributed by atoms with Gasteiger partial charge in [0.15, 0.2) is 0 Å². The molecule has 0 radical (unpaired) electrons. The summed E-state index contributed by atoms with van der Waals surface area (Å²) in [6.45, 7) is 7.41. The molecule has 0 bridgehead atoms. The Morgan fingerprint density at radius 1 is 0.759 bits per heavy atom. The van der Waals surface area contributed by atoms with Gasteiger partial charge < -0.3 is 39.9 Å². The maximum absolute atomic E-state index is 13.6. The summed E-state index contributed by atoms with van der Waals surface area (Å²) in [6.07, 6.45) is 4.44. The van der Waals surface area contributed by atoms with Crippen molar-refractivity contribution in [1.29, 1.82) is 0 Å². The monoisotopic (exact) mass is 788 g/mol. The first-order valence-electron chi connectivity index (χ1n) is 20.0. The van der Waals surface area contributed by atoms with Crippen molar-refractivity contribution in [2.24, 2.45) is 11.8 Å². The zero-order valence-electron chi connectivity index (χ0n) is 33.7. The molecule has 4 N–H and O–H groups in total. The summed E-state index contributed by atoms with van der Waals surface area (Å²) < 4.78 is 9.41. The summed E-state index contributed by atoms with van der Waals surface area (Å²) in [4.78, 5) is 70.5. The topological polar surface area (TPSA) is 175 Å². The molecule has 7 rings (SSSR count). The largest absolute Gasteiger partial charge is 0.453 e. The summed E-state index contributed by atoms with van der Waals surface area (Å²) in [7, 11) is 2.62. The molecular formula is C44H52N8O6. The molecule has 5 aromatic rings. The molecule has 2 saturated heterocycles. The second kappa shape index (κ2) is 17.5. The van der Waals surface area contributed by atoms with Gasteiger partial charge in [-0.05, 0) is 77.5 Å². The molecule has 2 aliphatic rings. The molecule has 304 valence electrons. The van der Waals surface area contributed by atoms with E-state index in [0.29, 0.717) is 26.1 Å². The van der Waals surface area contributed by atoms with E-state index >= 15 is 0 Å². The highest BCUT2D eigenvalue weighted by Crippen LogP contribution is 2.35. The highest BCUT2D eigenvalue weighted by Gasteiger charge is 2.38. The normalized spacial score (nSPS) is 17.7. The van der Waals surface area contributed by atoms with E-state index in [1.165, 1.54) is 14.2 Å². The first kappa shape index (κ1) is 40.0. The van der Waals surface area contributed by atoms with Crippen LogP contribution in [0.15, 0.2) is 72.9 Å². The number of aromatic amines is 2. The van der Waals surface area contributed by atoms with Crippen LogP contribution in [0, 0.1) is 11.8 Å². The number of carbonyl (C=O) groups is 4. The van der Waals surface area contributed by atoms with Gasteiger partial charge in [-0.15, -0.1) is 0 Å². The Hall–Kier alpha value is -6.18. The van der Waals surface area contributed by atoms with E-state index < -0.39 is 18.2 Å². The first-order chi connectivity index (χ1) is 28.0. The fourth-order valence-electron chi connectivity index (χ4n) is 8.08. The lowest BCUT2D eigenvalue weighted by Gasteiger charge is -2.29. The van der Waals surface area contributed by atoms with E-state index in [-0.39, 0.29) is 35.7 Å². The van der Waals surface area contributed by atoms with Crippen molar-refractivity contribution in [3.63, 3.8) is 0 Å². The zero-order valence-corrected chi connectivity index (χ0v) is 33.7. The van der Waals surface area contributed by atoms with Crippen LogP contribution in [-0.2, 0) is 19.1 Å². The van der Waals surface area contributed by atoms with Crippen molar-refractivity contribution in [2.75, 3.05) is 33.9 Å². The van der Waals surface area contributed by atoms with Gasteiger partial charge in [-0.3, -0.25) is 9.59 Å². The van der Waals surface area contributed by atoms with Crippen molar-refractivity contribution in [2.45, 2.75) is 71.0 Å². The van der Waals surface area contributed by atoms with Gasteiger partial charge in [0.1, 0.15) is 17.7 Å². The van der Waals surface area contributed by atoms with E-state index in [4.69, 9.17) is 9.72 Å². The lowest BCUT2D eigenvalue weighted by molar-refractivity contribution is -0.135. The summed E-state index contributed by atoms with van der Waals surface area (Å²) in [5.74, 6) is 1.32. The number of amides is 4. The number of fused-ring (bicyclic) bond motifs is 1. The summed E-state index contributed by atoms with van der Waals surface area (Å²) in [5.41, 5.74) is 7.93. The highest BCUT2D eigenvalue weighted by atomic mass is 16.5. The van der Waals surface area contributed by atoms with Crippen LogP contribution < -0.4 is 10.6 Å². The Kier molecular flexibility index (Phi) is 12.1. The third-order valence-corrected chi connectivity index (χ3v) is 11.3. The number of likely N-dealkylation sites (tertiary alicyclic amines) is 2. The van der Waals surface area contributed by atoms with Gasteiger partial charge >= 0.3 is 12.2 Å². The van der Waals surface area contributed by atoms with E-state index in [1.54, 1.807) is 0 Å². The number of imidazole rings is 2. The molecule has 4 amide bonds. The molecule has 0 spiro atoms. The molecule has 58 heavy (non-hydrogen) atoms. The molecule has 4 unspecified atom stereocenters. The second-order valence-corrected chi connectivity index (χ2v) is 15.7. The minimum Gasteiger partial charge on any atom is -0.453 e. The average Bonchev–Trinajstić information content (AvgIpc) is 4.08. The smallest absolute Gasteiger partial charge is 0.407 e. The molecule has 14 heteroatoms. The molecular weight excluding hydrogens is 737 g/mol. The lowest BCUT2D eigenvalue weighted by atomic mass is 9.99. The average molecular weight is 789 g/mol. The second-order valence-electron chi connectivity index (χ2n) is 15.7. The number of rotatable bonds is 12. The highest BCUT2D eigenvalue weighted by molar-refractivity contribution is 5.87. The van der Waals surface area contributed by atoms with Crippen molar-refractivity contribution < 1.29 is 28.7 Å². The molecule has 3 aromatic carbocycles. The van der Waals surface area contributed by atoms with Gasteiger partial charge in [-0.1, -0.05) is 75.4 Å². The van der Waals surface area contributed by atoms with Gasteiger partial charge in [0, 0.05) is 26.1 Å². The van der Waals surface area contributed by atoms with Crippen LogP contribution in [0.1, 0.15) is 76.6 Å². The number of hydrogen-bond donors (Lipinski definition) is 4. The van der Waals surface area contributed by atoms with Crippen LogP contribution in [0.25, 0.3) is 44.5 Å². The number of hydrogen-bond acceptors (Lipinski definition) is 8. The quantitative estimate of drug-likeness (QED) is 0.101. The molecule has 0 aliphatic carbocycles. The molecule has 4 heterocycles.